The zero-order valence-corrected chi connectivity index (χ0v) is 20.8. The van der Waals surface area contributed by atoms with Gasteiger partial charge in [0.1, 0.15) is 11.4 Å². The smallest absolute Gasteiger partial charge is 0.418 e. The number of benzene rings is 2. The second kappa shape index (κ2) is 9.38. The fraction of sp³-hybridized carbons (Fsp3) is 0.536. The van der Waals surface area contributed by atoms with E-state index in [2.05, 4.69) is 0 Å². The van der Waals surface area contributed by atoms with Gasteiger partial charge < -0.3 is 14.7 Å². The number of carboxylic acid groups (broad SMARTS) is 1. The van der Waals surface area contributed by atoms with E-state index in [4.69, 9.17) is 4.74 Å². The maximum absolute atomic E-state index is 13.6. The van der Waals surface area contributed by atoms with E-state index in [9.17, 15) is 36.2 Å². The van der Waals surface area contributed by atoms with Crippen LogP contribution in [0.2, 0.25) is 0 Å². The maximum atomic E-state index is 13.6. The molecule has 2 fully saturated rings. The lowest BCUT2D eigenvalue weighted by molar-refractivity contribution is -0.142. The molecule has 2 aromatic carbocycles. The molecule has 2 heterocycles. The van der Waals surface area contributed by atoms with Crippen LogP contribution >= 0.6 is 0 Å². The molecule has 38 heavy (non-hydrogen) atoms. The molecule has 2 atom stereocenters. The number of anilines is 1. The molecule has 0 bridgehead atoms. The number of piperidine rings is 1. The van der Waals surface area contributed by atoms with Crippen LogP contribution in [0.5, 0.6) is 5.75 Å². The molecule has 1 saturated heterocycles. The van der Waals surface area contributed by atoms with E-state index in [-0.39, 0.29) is 19.0 Å². The third kappa shape index (κ3) is 5.18. The topological polar surface area (TPSA) is 49.8 Å². The summed E-state index contributed by atoms with van der Waals surface area (Å²) in [6.07, 6.45) is -5.49. The molecule has 0 aromatic heterocycles. The molecule has 1 N–H and O–H groups in total. The summed E-state index contributed by atoms with van der Waals surface area (Å²) >= 11 is 0. The Balaban J connectivity index is 1.36. The van der Waals surface area contributed by atoms with Crippen molar-refractivity contribution in [1.29, 1.82) is 0 Å². The van der Waals surface area contributed by atoms with Gasteiger partial charge in [0.2, 0.25) is 0 Å². The SMILES string of the molecule is CC(C(=O)O)C(c1ccc2c(c1)OC1(CC2)CCN(c2cc(C(F)(F)F)ccc2C(F)(F)F)CC1)C1CC1. The first-order valence-corrected chi connectivity index (χ1v) is 12.9. The van der Waals surface area contributed by atoms with Crippen LogP contribution in [0, 0.1) is 11.8 Å². The summed E-state index contributed by atoms with van der Waals surface area (Å²) in [4.78, 5) is 13.1. The van der Waals surface area contributed by atoms with E-state index in [0.29, 0.717) is 55.5 Å². The van der Waals surface area contributed by atoms with Gasteiger partial charge in [-0.1, -0.05) is 19.1 Å². The summed E-state index contributed by atoms with van der Waals surface area (Å²) in [5, 5.41) is 9.61. The van der Waals surface area contributed by atoms with Gasteiger partial charge in [-0.2, -0.15) is 26.3 Å². The van der Waals surface area contributed by atoms with Gasteiger partial charge in [0, 0.05) is 31.6 Å². The van der Waals surface area contributed by atoms with Gasteiger partial charge in [-0.3, -0.25) is 4.79 Å². The van der Waals surface area contributed by atoms with E-state index in [1.54, 1.807) is 6.92 Å². The third-order valence-electron chi connectivity index (χ3n) is 8.36. The first kappa shape index (κ1) is 26.7. The van der Waals surface area contributed by atoms with Crippen LogP contribution in [-0.4, -0.2) is 29.8 Å². The number of aryl methyl sites for hydroxylation is 1. The summed E-state index contributed by atoms with van der Waals surface area (Å²) in [6, 6.07) is 7.42. The van der Waals surface area contributed by atoms with Crippen molar-refractivity contribution in [2.75, 3.05) is 18.0 Å². The molecule has 5 rings (SSSR count). The van der Waals surface area contributed by atoms with E-state index in [1.165, 1.54) is 4.90 Å². The van der Waals surface area contributed by atoms with Crippen LogP contribution in [0.15, 0.2) is 36.4 Å². The molecule has 2 aliphatic heterocycles. The fourth-order valence-corrected chi connectivity index (χ4v) is 6.02. The number of fused-ring (bicyclic) bond motifs is 1. The number of halogens is 6. The first-order valence-electron chi connectivity index (χ1n) is 12.9. The quantitative estimate of drug-likeness (QED) is 0.404. The second-order valence-corrected chi connectivity index (χ2v) is 10.9. The number of aliphatic carboxylic acids is 1. The van der Waals surface area contributed by atoms with Gasteiger partial charge in [0.15, 0.2) is 0 Å². The fourth-order valence-electron chi connectivity index (χ4n) is 6.02. The van der Waals surface area contributed by atoms with Crippen molar-refractivity contribution in [3.63, 3.8) is 0 Å². The number of hydrogen-bond acceptors (Lipinski definition) is 3. The Hall–Kier alpha value is -2.91. The Morgan fingerprint density at radius 1 is 1.00 bits per heavy atom. The average molecular weight is 542 g/mol. The van der Waals surface area contributed by atoms with Gasteiger partial charge in [-0.15, -0.1) is 0 Å². The van der Waals surface area contributed by atoms with Crippen LogP contribution in [-0.2, 0) is 23.6 Å². The number of rotatable bonds is 5. The maximum Gasteiger partial charge on any atom is 0.418 e. The molecule has 2 unspecified atom stereocenters. The van der Waals surface area contributed by atoms with Crippen molar-refractivity contribution in [2.45, 2.75) is 69.3 Å². The predicted octanol–water partition coefficient (Wildman–Crippen LogP) is 7.30. The van der Waals surface area contributed by atoms with Gasteiger partial charge >= 0.3 is 18.3 Å². The van der Waals surface area contributed by atoms with E-state index in [1.807, 2.05) is 18.2 Å². The summed E-state index contributed by atoms with van der Waals surface area (Å²) < 4.78 is 87.2. The first-order chi connectivity index (χ1) is 17.8. The standard InChI is InChI=1S/C28H29F6NO3/c1-16(25(36)37)24(18-3-4-18)19-5-2-17-8-9-26(38-23(17)14-19)10-12-35(13-11-26)22-15-20(27(29,30)31)6-7-21(22)28(32,33)34/h2,5-7,14-16,18,24H,3-4,8-13H2,1H3,(H,36,37). The largest absolute Gasteiger partial charge is 0.487 e. The van der Waals surface area contributed by atoms with Crippen molar-refractivity contribution in [2.24, 2.45) is 11.8 Å². The van der Waals surface area contributed by atoms with Crippen LogP contribution in [0.4, 0.5) is 32.0 Å². The van der Waals surface area contributed by atoms with Crippen molar-refractivity contribution in [1.82, 2.24) is 0 Å². The molecule has 206 valence electrons. The molecule has 0 radical (unpaired) electrons. The second-order valence-electron chi connectivity index (χ2n) is 10.9. The van der Waals surface area contributed by atoms with Gasteiger partial charge in [0.05, 0.1) is 17.0 Å². The van der Waals surface area contributed by atoms with Crippen LogP contribution in [0.1, 0.15) is 67.2 Å². The van der Waals surface area contributed by atoms with Gasteiger partial charge in [-0.05, 0) is 72.9 Å². The van der Waals surface area contributed by atoms with E-state index < -0.39 is 46.7 Å². The highest BCUT2D eigenvalue weighted by Gasteiger charge is 2.44. The molecule has 4 nitrogen and oxygen atoms in total. The van der Waals surface area contributed by atoms with Gasteiger partial charge in [-0.25, -0.2) is 0 Å². The van der Waals surface area contributed by atoms with E-state index >= 15 is 0 Å². The summed E-state index contributed by atoms with van der Waals surface area (Å²) in [5.41, 5.74) is -1.38. The molecule has 2 aromatic rings. The molecule has 1 spiro atoms. The lowest BCUT2D eigenvalue weighted by Gasteiger charge is -2.46. The molecular weight excluding hydrogens is 512 g/mol. The predicted molar refractivity (Wildman–Crippen MR) is 128 cm³/mol. The van der Waals surface area contributed by atoms with Crippen LogP contribution in [0.3, 0.4) is 0 Å². The number of ether oxygens (including phenoxy) is 1. The highest BCUT2D eigenvalue weighted by Crippen LogP contribution is 2.49. The Morgan fingerprint density at radius 2 is 1.68 bits per heavy atom. The number of carboxylic acids is 1. The normalized spacial score (nSPS) is 21.0. The van der Waals surface area contributed by atoms with Crippen LogP contribution < -0.4 is 9.64 Å². The number of carbonyl (C=O) groups is 1. The molecular formula is C28H29F6NO3. The minimum Gasteiger partial charge on any atom is -0.487 e. The molecule has 3 aliphatic rings. The zero-order valence-electron chi connectivity index (χ0n) is 20.8. The third-order valence-corrected chi connectivity index (χ3v) is 8.36. The highest BCUT2D eigenvalue weighted by atomic mass is 19.4. The van der Waals surface area contributed by atoms with Crippen molar-refractivity contribution >= 4 is 11.7 Å². The highest BCUT2D eigenvalue weighted by molar-refractivity contribution is 5.71. The summed E-state index contributed by atoms with van der Waals surface area (Å²) in [5.74, 6) is -0.535. The minimum atomic E-state index is -4.78. The van der Waals surface area contributed by atoms with Gasteiger partial charge in [0.25, 0.3) is 0 Å². The molecule has 1 aliphatic carbocycles. The molecule has 1 saturated carbocycles. The molecule has 10 heteroatoms. The van der Waals surface area contributed by atoms with Crippen molar-refractivity contribution < 1.29 is 41.0 Å². The Kier molecular flexibility index (Phi) is 6.59. The van der Waals surface area contributed by atoms with Crippen molar-refractivity contribution in [3.8, 4) is 5.75 Å². The van der Waals surface area contributed by atoms with Crippen molar-refractivity contribution in [3.05, 3.63) is 58.7 Å². The zero-order chi connectivity index (χ0) is 27.5. The number of nitrogens with zero attached hydrogens (tertiary/aromatic N) is 1. The summed E-state index contributed by atoms with van der Waals surface area (Å²) in [7, 11) is 0. The Morgan fingerprint density at radius 3 is 2.26 bits per heavy atom. The lowest BCUT2D eigenvalue weighted by Crippen LogP contribution is -2.50. The summed E-state index contributed by atoms with van der Waals surface area (Å²) in [6.45, 7) is 1.96. The number of hydrogen-bond donors (Lipinski definition) is 1. The Bertz CT molecular complexity index is 1210. The monoisotopic (exact) mass is 541 g/mol. The lowest BCUT2D eigenvalue weighted by atomic mass is 9.80. The average Bonchev–Trinajstić information content (AvgIpc) is 3.68. The number of alkyl halides is 6. The minimum absolute atomic E-state index is 0.122. The van der Waals surface area contributed by atoms with E-state index in [0.717, 1.165) is 24.0 Å². The molecule has 0 amide bonds. The Labute approximate surface area is 216 Å². The van der Waals surface area contributed by atoms with Crippen LogP contribution in [0.25, 0.3) is 0 Å².